The van der Waals surface area contributed by atoms with E-state index >= 15 is 0 Å². The molecule has 3 aromatic rings. The van der Waals surface area contributed by atoms with Crippen LogP contribution in [0, 0.1) is 0 Å². The van der Waals surface area contributed by atoms with Crippen LogP contribution in [-0.2, 0) is 14.3 Å². The molecule has 0 bridgehead atoms. The van der Waals surface area contributed by atoms with Crippen LogP contribution in [0.15, 0.2) is 78.9 Å². The van der Waals surface area contributed by atoms with Crippen molar-refractivity contribution >= 4 is 36.3 Å². The summed E-state index contributed by atoms with van der Waals surface area (Å²) in [7, 11) is 2.29. The molecule has 0 heterocycles. The Hall–Kier alpha value is -0.869. The molecular weight excluding hydrogens is 449 g/mol. The second kappa shape index (κ2) is 8.34. The first-order valence-corrected chi connectivity index (χ1v) is 17.8. The number of fused-ring (bicyclic) bond motifs is 3. The Morgan fingerprint density at radius 3 is 1.59 bits per heavy atom. The van der Waals surface area contributed by atoms with Crippen LogP contribution in [0.5, 0.6) is 0 Å². The van der Waals surface area contributed by atoms with Crippen LogP contribution in [-0.4, -0.2) is 13.2 Å². The molecule has 5 heteroatoms. The zero-order valence-corrected chi connectivity index (χ0v) is 22.2. The van der Waals surface area contributed by atoms with Gasteiger partial charge in [-0.2, -0.15) is 0 Å². The van der Waals surface area contributed by atoms with E-state index in [2.05, 4.69) is 116 Å². The largest absolute Gasteiger partial charge is 0.147 e. The van der Waals surface area contributed by atoms with Crippen molar-refractivity contribution in [3.05, 3.63) is 90.0 Å². The number of halogens is 2. The van der Waals surface area contributed by atoms with E-state index in [-0.39, 0.29) is 30.4 Å². The zero-order chi connectivity index (χ0) is 19.3. The van der Waals surface area contributed by atoms with Crippen LogP contribution < -0.4 is 7.67 Å². The third kappa shape index (κ3) is 4.17. The van der Waals surface area contributed by atoms with Gasteiger partial charge in [-0.05, 0) is 0 Å². The minimum atomic E-state index is -3.45. The molecule has 1 nitrogen and oxygen atoms in total. The molecule has 154 valence electrons. The van der Waals surface area contributed by atoms with Gasteiger partial charge in [0.2, 0.25) is 0 Å². The van der Waals surface area contributed by atoms with Crippen LogP contribution in [0.2, 0.25) is 5.23 Å². The average molecular weight is 480 g/mol. The fraction of sp³-hybridized carbons (Fsp3) is 0.250. The van der Waals surface area contributed by atoms with E-state index in [0.29, 0.717) is 4.22 Å². The predicted molar refractivity (Wildman–Crippen MR) is 132 cm³/mol. The summed E-state index contributed by atoms with van der Waals surface area (Å²) in [4.78, 5) is 0. The van der Waals surface area contributed by atoms with Gasteiger partial charge in [0.15, 0.2) is 0 Å². The monoisotopic (exact) mass is 479 g/mol. The zero-order valence-electron chi connectivity index (χ0n) is 17.6. The van der Waals surface area contributed by atoms with Crippen LogP contribution in [0.25, 0.3) is 11.1 Å². The average Bonchev–Trinajstić information content (AvgIpc) is 2.96. The van der Waals surface area contributed by atoms with E-state index in [1.165, 1.54) is 26.1 Å². The smallest absolute Gasteiger partial charge is 0.147 e. The molecule has 1 N–H and O–H groups in total. The molecule has 0 unspecified atom stereocenters. The Balaban J connectivity index is 0.00000150. The van der Waals surface area contributed by atoms with Crippen LogP contribution in [0.3, 0.4) is 0 Å². The Labute approximate surface area is 190 Å². The van der Waals surface area contributed by atoms with Crippen molar-refractivity contribution < 1.29 is 14.3 Å². The second-order valence-corrected chi connectivity index (χ2v) is 25.8. The van der Waals surface area contributed by atoms with Gasteiger partial charge in [0.05, 0.1) is 0 Å². The Bertz CT molecular complexity index is 1030. The van der Waals surface area contributed by atoms with Crippen molar-refractivity contribution in [1.82, 2.24) is 3.80 Å². The maximum atomic E-state index is 4.25. The van der Waals surface area contributed by atoms with Crippen LogP contribution in [0.1, 0.15) is 36.1 Å². The molecule has 0 atom stereocenters. The van der Waals surface area contributed by atoms with Gasteiger partial charge < -0.3 is 0 Å². The van der Waals surface area contributed by atoms with Gasteiger partial charge in [0, 0.05) is 0 Å². The summed E-state index contributed by atoms with van der Waals surface area (Å²) in [5.74, 6) is 0. The SMILES string of the molecule is CC(C)(C)[NH][Ti]([CH3])(=[SiH2])([c]1ccccc1)[CH]1c2ccccc2-c2ccccc21.Cl.Cl. The molecule has 4 rings (SSSR count). The number of benzene rings is 3. The van der Waals surface area contributed by atoms with Crippen molar-refractivity contribution in [3.8, 4) is 11.1 Å². The first-order chi connectivity index (χ1) is 12.7. The first-order valence-electron chi connectivity index (χ1n) is 9.78. The summed E-state index contributed by atoms with van der Waals surface area (Å²) >= 11 is -3.45. The van der Waals surface area contributed by atoms with E-state index in [1.807, 2.05) is 0 Å². The van der Waals surface area contributed by atoms with E-state index in [0.717, 1.165) is 0 Å². The van der Waals surface area contributed by atoms with Gasteiger partial charge in [-0.1, -0.05) is 0 Å². The van der Waals surface area contributed by atoms with Crippen LogP contribution in [0.4, 0.5) is 0 Å². The van der Waals surface area contributed by atoms with Gasteiger partial charge >= 0.3 is 166 Å². The van der Waals surface area contributed by atoms with Gasteiger partial charge in [-0.3, -0.25) is 0 Å². The van der Waals surface area contributed by atoms with Crippen molar-refractivity contribution in [2.45, 2.75) is 35.8 Å². The van der Waals surface area contributed by atoms with E-state index in [1.54, 1.807) is 0 Å². The molecule has 0 radical (unpaired) electrons. The first kappa shape index (κ1) is 24.4. The number of hydrogen-bond acceptors (Lipinski definition) is 1. The molecule has 1 aliphatic rings. The van der Waals surface area contributed by atoms with Crippen molar-refractivity contribution in [1.29, 1.82) is 0 Å². The van der Waals surface area contributed by atoms with E-state index in [4.69, 9.17) is 0 Å². The topological polar surface area (TPSA) is 12.0 Å². The predicted octanol–water partition coefficient (Wildman–Crippen LogP) is 5.51. The third-order valence-corrected chi connectivity index (χ3v) is 18.7. The summed E-state index contributed by atoms with van der Waals surface area (Å²) in [5.41, 5.74) is 5.86. The molecular formula is C24H31Cl2NSiTi. The Kier molecular flexibility index (Phi) is 7.02. The maximum Gasteiger partial charge on any atom is -0.147 e. The summed E-state index contributed by atoms with van der Waals surface area (Å²) in [6.45, 7) is 6.93. The minimum Gasteiger partial charge on any atom is -0.147 e. The second-order valence-electron chi connectivity index (χ2n) is 9.46. The normalized spacial score (nSPS) is 13.7. The number of hydrogen-bond donors (Lipinski definition) is 1. The van der Waals surface area contributed by atoms with Crippen molar-refractivity contribution in [2.75, 3.05) is 0 Å². The van der Waals surface area contributed by atoms with Gasteiger partial charge in [-0.15, -0.1) is 24.8 Å². The molecule has 0 aromatic heterocycles. The summed E-state index contributed by atoms with van der Waals surface area (Å²) in [6, 6.07) is 29.3. The third-order valence-electron chi connectivity index (χ3n) is 5.92. The Morgan fingerprint density at radius 2 is 1.14 bits per heavy atom. The van der Waals surface area contributed by atoms with Gasteiger partial charge in [-0.25, -0.2) is 0 Å². The number of nitrogens with one attached hydrogen (secondary N) is 1. The molecule has 0 fully saturated rings. The standard InChI is InChI=1S/C13H9.C6H5.C4H10N.CH3.2ClH.H2Si.Ti/c1-3-7-12-10(5-1)9-11-6-2-4-8-13(11)12;1-2-4-6-5-3-1;1-4(2,3)5;;;;;/h1-9H;1-5H;5H,1-3H3;1H3;2*1H;1H2;/q;;-1;;;;;+1. The molecule has 0 saturated heterocycles. The van der Waals surface area contributed by atoms with Crippen LogP contribution >= 0.6 is 24.8 Å². The Morgan fingerprint density at radius 1 is 0.724 bits per heavy atom. The van der Waals surface area contributed by atoms with Crippen molar-refractivity contribution in [2.24, 2.45) is 0 Å². The molecule has 1 aliphatic carbocycles. The minimum absolute atomic E-state index is 0. The summed E-state index contributed by atoms with van der Waals surface area (Å²) in [6.07, 6.45) is 0. The maximum absolute atomic E-state index is 4.25. The molecule has 3 aromatic carbocycles. The molecule has 29 heavy (non-hydrogen) atoms. The fourth-order valence-corrected chi connectivity index (χ4v) is 19.6. The van der Waals surface area contributed by atoms with Gasteiger partial charge in [0.1, 0.15) is 0 Å². The van der Waals surface area contributed by atoms with E-state index in [9.17, 15) is 0 Å². The number of rotatable bonds is 3. The molecule has 0 amide bonds. The van der Waals surface area contributed by atoms with Crippen molar-refractivity contribution in [3.63, 3.8) is 0 Å². The fourth-order valence-electron chi connectivity index (χ4n) is 5.25. The summed E-state index contributed by atoms with van der Waals surface area (Å²) < 4.78 is 6.19. The summed E-state index contributed by atoms with van der Waals surface area (Å²) in [5, 5.41) is 2.58. The molecule has 0 aliphatic heterocycles. The van der Waals surface area contributed by atoms with Gasteiger partial charge in [0.25, 0.3) is 0 Å². The quantitative estimate of drug-likeness (QED) is 0.488. The molecule has 0 saturated carbocycles. The molecule has 0 spiro atoms. The van der Waals surface area contributed by atoms with E-state index < -0.39 is 14.3 Å².